The van der Waals surface area contributed by atoms with Gasteiger partial charge in [-0.1, -0.05) is 18.2 Å². The molecule has 0 saturated carbocycles. The highest BCUT2D eigenvalue weighted by Crippen LogP contribution is 2.41. The third-order valence-corrected chi connectivity index (χ3v) is 6.62. The minimum Gasteiger partial charge on any atom is -0.495 e. The Morgan fingerprint density at radius 1 is 1.16 bits per heavy atom. The second-order valence-corrected chi connectivity index (χ2v) is 8.57. The number of fused-ring (bicyclic) bond motifs is 1. The Bertz CT molecular complexity index is 1180. The first-order valence-corrected chi connectivity index (χ1v) is 11.0. The standard InChI is InChI=1S/C26H26FN3O2/c1-17-15-29(16-28-17)24-9-3-18(14-25(24)32-2)13-20-6-10-23-22(11-12-30(23)26(20)31)19-4-7-21(27)8-5-19/h3-5,7-9,13-16,22-23H,6,10-12H2,1-2H3/b20-13+/t22-,23-/m1/s1. The van der Waals surface area contributed by atoms with E-state index in [-0.39, 0.29) is 23.7 Å². The monoisotopic (exact) mass is 431 g/mol. The van der Waals surface area contributed by atoms with Crippen LogP contribution < -0.4 is 4.74 Å². The topological polar surface area (TPSA) is 47.4 Å². The number of hydrogen-bond acceptors (Lipinski definition) is 3. The summed E-state index contributed by atoms with van der Waals surface area (Å²) in [6, 6.07) is 12.9. The van der Waals surface area contributed by atoms with E-state index in [1.165, 1.54) is 12.1 Å². The number of piperidine rings is 1. The van der Waals surface area contributed by atoms with E-state index < -0.39 is 0 Å². The molecule has 1 aromatic heterocycles. The van der Waals surface area contributed by atoms with Crippen LogP contribution in [-0.2, 0) is 4.79 Å². The van der Waals surface area contributed by atoms with Crippen LogP contribution in [-0.4, -0.2) is 40.1 Å². The maximum absolute atomic E-state index is 13.3. The zero-order valence-corrected chi connectivity index (χ0v) is 18.3. The van der Waals surface area contributed by atoms with Crippen LogP contribution in [0.1, 0.15) is 42.0 Å². The smallest absolute Gasteiger partial charge is 0.250 e. The Kier molecular flexibility index (Phi) is 5.29. The van der Waals surface area contributed by atoms with Gasteiger partial charge in [0.25, 0.3) is 0 Å². The SMILES string of the molecule is COc1cc(/C=C2\CC[C@@H]3[C@@H](c4ccc(F)cc4)CCN3C2=O)ccc1-n1cnc(C)c1. The number of methoxy groups -OCH3 is 1. The van der Waals surface area contributed by atoms with Crippen molar-refractivity contribution in [2.45, 2.75) is 38.1 Å². The Balaban J connectivity index is 1.37. The zero-order chi connectivity index (χ0) is 22.2. The van der Waals surface area contributed by atoms with Gasteiger partial charge in [-0.2, -0.15) is 0 Å². The number of halogens is 1. The van der Waals surface area contributed by atoms with E-state index in [0.29, 0.717) is 0 Å². The average Bonchev–Trinajstić information content (AvgIpc) is 3.43. The summed E-state index contributed by atoms with van der Waals surface area (Å²) < 4.78 is 20.9. The van der Waals surface area contributed by atoms with Gasteiger partial charge >= 0.3 is 0 Å². The molecule has 164 valence electrons. The number of benzene rings is 2. The van der Waals surface area contributed by atoms with Gasteiger partial charge in [0.1, 0.15) is 11.6 Å². The Hall–Kier alpha value is -3.41. The second kappa shape index (κ2) is 8.26. The van der Waals surface area contributed by atoms with Gasteiger partial charge < -0.3 is 14.2 Å². The number of aromatic nitrogens is 2. The van der Waals surface area contributed by atoms with E-state index >= 15 is 0 Å². The van der Waals surface area contributed by atoms with Gasteiger partial charge in [0.05, 0.1) is 24.8 Å². The van der Waals surface area contributed by atoms with E-state index in [2.05, 4.69) is 4.98 Å². The lowest BCUT2D eigenvalue weighted by Crippen LogP contribution is -2.42. The molecule has 5 rings (SSSR count). The van der Waals surface area contributed by atoms with Gasteiger partial charge in [-0.25, -0.2) is 9.37 Å². The molecule has 2 atom stereocenters. The minimum absolute atomic E-state index is 0.110. The summed E-state index contributed by atoms with van der Waals surface area (Å²) in [5.41, 5.74) is 4.74. The molecule has 2 saturated heterocycles. The van der Waals surface area contributed by atoms with Gasteiger partial charge in [-0.05, 0) is 67.7 Å². The number of aryl methyl sites for hydroxylation is 1. The summed E-state index contributed by atoms with van der Waals surface area (Å²) in [6.45, 7) is 2.69. The minimum atomic E-state index is -0.224. The van der Waals surface area contributed by atoms with Crippen molar-refractivity contribution in [3.8, 4) is 11.4 Å². The van der Waals surface area contributed by atoms with Crippen molar-refractivity contribution in [3.63, 3.8) is 0 Å². The molecule has 32 heavy (non-hydrogen) atoms. The highest BCUT2D eigenvalue weighted by atomic mass is 19.1. The number of carbonyl (C=O) groups is 1. The van der Waals surface area contributed by atoms with Crippen LogP contribution in [0.3, 0.4) is 0 Å². The van der Waals surface area contributed by atoms with Gasteiger partial charge in [0.15, 0.2) is 0 Å². The average molecular weight is 432 g/mol. The number of carbonyl (C=O) groups excluding carboxylic acids is 1. The molecule has 0 N–H and O–H groups in total. The first kappa shape index (κ1) is 20.5. The maximum Gasteiger partial charge on any atom is 0.250 e. The summed E-state index contributed by atoms with van der Waals surface area (Å²) >= 11 is 0. The molecule has 0 spiro atoms. The lowest BCUT2D eigenvalue weighted by molar-refractivity contribution is -0.129. The zero-order valence-electron chi connectivity index (χ0n) is 18.3. The Morgan fingerprint density at radius 3 is 2.69 bits per heavy atom. The maximum atomic E-state index is 13.3. The fourth-order valence-electron chi connectivity index (χ4n) is 5.04. The third-order valence-electron chi connectivity index (χ3n) is 6.62. The molecule has 0 aliphatic carbocycles. The first-order chi connectivity index (χ1) is 15.5. The Morgan fingerprint density at radius 2 is 1.97 bits per heavy atom. The van der Waals surface area contributed by atoms with Gasteiger partial charge in [-0.15, -0.1) is 0 Å². The van der Waals surface area contributed by atoms with Crippen molar-refractivity contribution in [1.82, 2.24) is 14.5 Å². The van der Waals surface area contributed by atoms with Crippen molar-refractivity contribution < 1.29 is 13.9 Å². The summed E-state index contributed by atoms with van der Waals surface area (Å²) in [4.78, 5) is 19.5. The first-order valence-electron chi connectivity index (χ1n) is 11.0. The number of imidazole rings is 1. The van der Waals surface area contributed by atoms with Crippen molar-refractivity contribution >= 4 is 12.0 Å². The van der Waals surface area contributed by atoms with Crippen molar-refractivity contribution in [3.05, 3.63) is 83.2 Å². The number of nitrogens with zero attached hydrogens (tertiary/aromatic N) is 3. The molecule has 0 radical (unpaired) electrons. The molecule has 3 heterocycles. The summed E-state index contributed by atoms with van der Waals surface area (Å²) in [6.07, 6.45) is 8.27. The molecule has 2 aromatic carbocycles. The van der Waals surface area contributed by atoms with E-state index in [1.54, 1.807) is 13.4 Å². The number of ether oxygens (including phenoxy) is 1. The van der Waals surface area contributed by atoms with Gasteiger partial charge in [-0.3, -0.25) is 4.79 Å². The van der Waals surface area contributed by atoms with Crippen LogP contribution in [0, 0.1) is 12.7 Å². The number of hydrogen-bond donors (Lipinski definition) is 0. The molecule has 2 aliphatic rings. The van der Waals surface area contributed by atoms with Crippen LogP contribution >= 0.6 is 0 Å². The number of rotatable bonds is 4. The molecule has 0 bridgehead atoms. The predicted molar refractivity (Wildman–Crippen MR) is 121 cm³/mol. The van der Waals surface area contributed by atoms with E-state index in [1.807, 2.05) is 59.0 Å². The highest BCUT2D eigenvalue weighted by Gasteiger charge is 2.41. The van der Waals surface area contributed by atoms with Crippen molar-refractivity contribution in [1.29, 1.82) is 0 Å². The molecule has 2 aliphatic heterocycles. The predicted octanol–water partition coefficient (Wildman–Crippen LogP) is 4.89. The van der Waals surface area contributed by atoms with Crippen molar-refractivity contribution in [2.24, 2.45) is 0 Å². The summed E-state index contributed by atoms with van der Waals surface area (Å²) in [7, 11) is 1.65. The van der Waals surface area contributed by atoms with E-state index in [9.17, 15) is 9.18 Å². The quantitative estimate of drug-likeness (QED) is 0.553. The molecular weight excluding hydrogens is 405 g/mol. The van der Waals surface area contributed by atoms with Crippen molar-refractivity contribution in [2.75, 3.05) is 13.7 Å². The van der Waals surface area contributed by atoms with Crippen LogP contribution in [0.15, 0.2) is 60.6 Å². The molecule has 1 amide bonds. The fourth-order valence-corrected chi connectivity index (χ4v) is 5.04. The molecule has 5 nitrogen and oxygen atoms in total. The van der Waals surface area contributed by atoms with Crippen LogP contribution in [0.25, 0.3) is 11.8 Å². The van der Waals surface area contributed by atoms with Crippen LogP contribution in [0.4, 0.5) is 4.39 Å². The summed E-state index contributed by atoms with van der Waals surface area (Å²) in [5.74, 6) is 0.895. The molecule has 0 unspecified atom stereocenters. The third kappa shape index (κ3) is 3.70. The van der Waals surface area contributed by atoms with E-state index in [4.69, 9.17) is 4.74 Å². The largest absolute Gasteiger partial charge is 0.495 e. The molecule has 6 heteroatoms. The highest BCUT2D eigenvalue weighted by molar-refractivity contribution is 5.99. The molecule has 2 fully saturated rings. The molecule has 3 aromatic rings. The lowest BCUT2D eigenvalue weighted by atomic mass is 9.86. The number of amides is 1. The van der Waals surface area contributed by atoms with Crippen LogP contribution in [0.5, 0.6) is 5.75 Å². The normalized spacial score (nSPS) is 21.8. The second-order valence-electron chi connectivity index (χ2n) is 8.57. The van der Waals surface area contributed by atoms with Crippen LogP contribution in [0.2, 0.25) is 0 Å². The van der Waals surface area contributed by atoms with E-state index in [0.717, 1.165) is 59.6 Å². The fraction of sp³-hybridized carbons (Fsp3) is 0.308. The lowest BCUT2D eigenvalue weighted by Gasteiger charge is -2.34. The Labute approximate surface area is 187 Å². The van der Waals surface area contributed by atoms with Gasteiger partial charge in [0.2, 0.25) is 5.91 Å². The van der Waals surface area contributed by atoms with Gasteiger partial charge in [0, 0.05) is 30.3 Å². The molecular formula is C26H26FN3O2. The summed E-state index contributed by atoms with van der Waals surface area (Å²) in [5, 5.41) is 0.